The Morgan fingerprint density at radius 1 is 0.765 bits per heavy atom. The van der Waals surface area contributed by atoms with Gasteiger partial charge in [0.1, 0.15) is 32.2 Å². The van der Waals surface area contributed by atoms with Crippen molar-refractivity contribution < 1.29 is 23.4 Å². The molecule has 2 aliphatic heterocycles. The molecule has 0 bridgehead atoms. The summed E-state index contributed by atoms with van der Waals surface area (Å²) in [4.78, 5) is 4.45. The standard InChI is InChI=1S/C24H21N5O5/c1-2-17(22(25-7-1)26-14-15-3-5-18-20(12-15)32-10-8-30-18)23-28-29-24(34-23)27-16-4-6-19-21(13-16)33-11-9-31-19/h1-7,12-13H,8-11,14H2,(H,25,26)(H,27,29). The lowest BCUT2D eigenvalue weighted by molar-refractivity contribution is 0.171. The van der Waals surface area contributed by atoms with Crippen molar-refractivity contribution in [1.29, 1.82) is 0 Å². The number of pyridine rings is 1. The summed E-state index contributed by atoms with van der Waals surface area (Å²) in [5.74, 6) is 3.88. The minimum atomic E-state index is 0.258. The molecule has 0 spiro atoms. The number of nitrogens with zero attached hydrogens (tertiary/aromatic N) is 3. The highest BCUT2D eigenvalue weighted by atomic mass is 16.6. The van der Waals surface area contributed by atoms with Crippen LogP contribution in [0.15, 0.2) is 59.1 Å². The van der Waals surface area contributed by atoms with Crippen LogP contribution in [-0.2, 0) is 6.54 Å². The van der Waals surface area contributed by atoms with Crippen molar-refractivity contribution in [3.63, 3.8) is 0 Å². The van der Waals surface area contributed by atoms with Crippen LogP contribution < -0.4 is 29.6 Å². The number of anilines is 3. The van der Waals surface area contributed by atoms with E-state index in [0.717, 1.165) is 22.7 Å². The topological polar surface area (TPSA) is 113 Å². The molecule has 0 saturated carbocycles. The van der Waals surface area contributed by atoms with Gasteiger partial charge >= 0.3 is 6.01 Å². The number of hydrogen-bond donors (Lipinski definition) is 2. The molecule has 34 heavy (non-hydrogen) atoms. The quantitative estimate of drug-likeness (QED) is 0.438. The predicted molar refractivity (Wildman–Crippen MR) is 123 cm³/mol. The van der Waals surface area contributed by atoms with Gasteiger partial charge in [0.2, 0.25) is 0 Å². The smallest absolute Gasteiger partial charge is 0.320 e. The molecule has 2 aliphatic rings. The van der Waals surface area contributed by atoms with E-state index in [4.69, 9.17) is 23.4 Å². The first-order valence-corrected chi connectivity index (χ1v) is 10.9. The fourth-order valence-electron chi connectivity index (χ4n) is 3.73. The van der Waals surface area contributed by atoms with Gasteiger partial charge in [-0.25, -0.2) is 4.98 Å². The van der Waals surface area contributed by atoms with Gasteiger partial charge in [-0.3, -0.25) is 0 Å². The van der Waals surface area contributed by atoms with E-state index >= 15 is 0 Å². The summed E-state index contributed by atoms with van der Waals surface area (Å²) in [7, 11) is 0. The number of hydrogen-bond acceptors (Lipinski definition) is 10. The minimum absolute atomic E-state index is 0.258. The highest BCUT2D eigenvalue weighted by Gasteiger charge is 2.17. The van der Waals surface area contributed by atoms with Crippen molar-refractivity contribution in [3.8, 4) is 34.5 Å². The van der Waals surface area contributed by atoms with Crippen LogP contribution in [0.2, 0.25) is 0 Å². The molecule has 4 heterocycles. The zero-order valence-electron chi connectivity index (χ0n) is 18.1. The Hall–Kier alpha value is -4.47. The number of ether oxygens (including phenoxy) is 4. The molecule has 0 atom stereocenters. The molecule has 6 rings (SSSR count). The van der Waals surface area contributed by atoms with E-state index in [0.29, 0.717) is 61.7 Å². The predicted octanol–water partition coefficient (Wildman–Crippen LogP) is 4.03. The summed E-state index contributed by atoms with van der Waals surface area (Å²) in [6.45, 7) is 2.72. The fourth-order valence-corrected chi connectivity index (χ4v) is 3.73. The zero-order chi connectivity index (χ0) is 22.7. The molecule has 0 unspecified atom stereocenters. The first kappa shape index (κ1) is 20.2. The van der Waals surface area contributed by atoms with E-state index in [1.807, 2.05) is 48.5 Å². The Labute approximate surface area is 194 Å². The Kier molecular flexibility index (Phi) is 5.23. The molecule has 0 fully saturated rings. The van der Waals surface area contributed by atoms with E-state index < -0.39 is 0 Å². The fraction of sp³-hybridized carbons (Fsp3) is 0.208. The number of rotatable bonds is 6. The summed E-state index contributed by atoms with van der Waals surface area (Å²) < 4.78 is 28.3. The van der Waals surface area contributed by atoms with Gasteiger partial charge in [0.05, 0.1) is 5.56 Å². The minimum Gasteiger partial charge on any atom is -0.486 e. The lowest BCUT2D eigenvalue weighted by Gasteiger charge is -2.19. The summed E-state index contributed by atoms with van der Waals surface area (Å²) in [5, 5.41) is 14.8. The van der Waals surface area contributed by atoms with E-state index in [-0.39, 0.29) is 6.01 Å². The van der Waals surface area contributed by atoms with Crippen molar-refractivity contribution in [3.05, 3.63) is 60.3 Å². The maximum atomic E-state index is 5.86. The monoisotopic (exact) mass is 459 g/mol. The summed E-state index contributed by atoms with van der Waals surface area (Å²) in [6.07, 6.45) is 1.71. The molecule has 10 heteroatoms. The second-order valence-electron chi connectivity index (χ2n) is 7.63. The normalized spacial score (nSPS) is 13.9. The lowest BCUT2D eigenvalue weighted by atomic mass is 10.2. The molecule has 0 aliphatic carbocycles. The number of aromatic nitrogens is 3. The van der Waals surface area contributed by atoms with Crippen molar-refractivity contribution >= 4 is 17.5 Å². The molecular formula is C24H21N5O5. The molecule has 2 aromatic heterocycles. The number of fused-ring (bicyclic) bond motifs is 2. The third-order valence-corrected chi connectivity index (χ3v) is 5.32. The van der Waals surface area contributed by atoms with Crippen LogP contribution in [0.1, 0.15) is 5.56 Å². The first-order chi connectivity index (χ1) is 16.8. The highest BCUT2D eigenvalue weighted by molar-refractivity contribution is 5.69. The Bertz CT molecular complexity index is 1320. The third-order valence-electron chi connectivity index (χ3n) is 5.32. The van der Waals surface area contributed by atoms with E-state index in [9.17, 15) is 0 Å². The van der Waals surface area contributed by atoms with Gasteiger partial charge in [0.15, 0.2) is 23.0 Å². The number of nitrogens with one attached hydrogen (secondary N) is 2. The second-order valence-corrected chi connectivity index (χ2v) is 7.63. The Balaban J connectivity index is 1.17. The average Bonchev–Trinajstić information content (AvgIpc) is 3.35. The van der Waals surface area contributed by atoms with Crippen molar-refractivity contribution in [2.75, 3.05) is 37.1 Å². The van der Waals surface area contributed by atoms with E-state index in [2.05, 4.69) is 25.8 Å². The second kappa shape index (κ2) is 8.81. The molecule has 0 radical (unpaired) electrons. The van der Waals surface area contributed by atoms with Crippen molar-refractivity contribution in [1.82, 2.24) is 15.2 Å². The van der Waals surface area contributed by atoms with Crippen LogP contribution in [0.25, 0.3) is 11.5 Å². The molecule has 2 aromatic carbocycles. The van der Waals surface area contributed by atoms with Crippen molar-refractivity contribution in [2.45, 2.75) is 6.54 Å². The molecular weight excluding hydrogens is 438 g/mol. The van der Waals surface area contributed by atoms with Gasteiger partial charge in [0, 0.05) is 24.5 Å². The van der Waals surface area contributed by atoms with Crippen LogP contribution in [0.5, 0.6) is 23.0 Å². The van der Waals surface area contributed by atoms with Crippen LogP contribution >= 0.6 is 0 Å². The zero-order valence-corrected chi connectivity index (χ0v) is 18.1. The number of benzene rings is 2. The van der Waals surface area contributed by atoms with Gasteiger partial charge in [-0.15, -0.1) is 5.10 Å². The van der Waals surface area contributed by atoms with Gasteiger partial charge in [-0.1, -0.05) is 11.2 Å². The molecule has 2 N–H and O–H groups in total. The van der Waals surface area contributed by atoms with Crippen LogP contribution in [0.3, 0.4) is 0 Å². The Morgan fingerprint density at radius 2 is 1.50 bits per heavy atom. The largest absolute Gasteiger partial charge is 0.486 e. The first-order valence-electron chi connectivity index (χ1n) is 10.9. The van der Waals surface area contributed by atoms with E-state index in [1.54, 1.807) is 6.20 Å². The maximum absolute atomic E-state index is 5.86. The third kappa shape index (κ3) is 4.13. The summed E-state index contributed by atoms with van der Waals surface area (Å²) in [5.41, 5.74) is 2.48. The van der Waals surface area contributed by atoms with E-state index in [1.165, 1.54) is 0 Å². The molecule has 0 saturated heterocycles. The van der Waals surface area contributed by atoms with Gasteiger partial charge in [-0.05, 0) is 42.0 Å². The Morgan fingerprint density at radius 3 is 2.32 bits per heavy atom. The maximum Gasteiger partial charge on any atom is 0.320 e. The summed E-state index contributed by atoms with van der Waals surface area (Å²) >= 11 is 0. The highest BCUT2D eigenvalue weighted by Crippen LogP contribution is 2.34. The molecule has 172 valence electrons. The molecule has 10 nitrogen and oxygen atoms in total. The molecule has 0 amide bonds. The average molecular weight is 459 g/mol. The van der Waals surface area contributed by atoms with Crippen molar-refractivity contribution in [2.24, 2.45) is 0 Å². The SMILES string of the molecule is c1cnc(NCc2ccc3c(c2)OCCO3)c(-c2nnc(Nc3ccc4c(c3)OCCO4)o2)c1. The van der Waals surface area contributed by atoms with Crippen LogP contribution in [-0.4, -0.2) is 41.6 Å². The van der Waals surface area contributed by atoms with Gasteiger partial charge in [-0.2, -0.15) is 0 Å². The summed E-state index contributed by atoms with van der Waals surface area (Å²) in [6, 6.07) is 15.4. The van der Waals surface area contributed by atoms with Gasteiger partial charge in [0.25, 0.3) is 5.89 Å². The molecule has 4 aromatic rings. The van der Waals surface area contributed by atoms with Gasteiger partial charge < -0.3 is 34.0 Å². The lowest BCUT2D eigenvalue weighted by Crippen LogP contribution is -2.15. The van der Waals surface area contributed by atoms with Crippen LogP contribution in [0, 0.1) is 0 Å². The van der Waals surface area contributed by atoms with Crippen LogP contribution in [0.4, 0.5) is 17.5 Å².